The zero-order valence-electron chi connectivity index (χ0n) is 35.9. The molecule has 0 bridgehead atoms. The van der Waals surface area contributed by atoms with Crippen molar-refractivity contribution in [2.24, 2.45) is 0 Å². The molecule has 53 heavy (non-hydrogen) atoms. The molecule has 0 radical (unpaired) electrons. The number of hydrogen-bond donors (Lipinski definition) is 4. The lowest BCUT2D eigenvalue weighted by molar-refractivity contribution is -0.131. The Kier molecular flexibility index (Phi) is 43.1. The van der Waals surface area contributed by atoms with Crippen LogP contribution in [0.4, 0.5) is 0 Å². The van der Waals surface area contributed by atoms with Gasteiger partial charge in [0.25, 0.3) is 0 Å². The van der Waals surface area contributed by atoms with Crippen LogP contribution in [0.3, 0.4) is 0 Å². The Balaban J connectivity index is 3.53. The van der Waals surface area contributed by atoms with Gasteiger partial charge in [-0.05, 0) is 38.5 Å². The molecule has 0 saturated heterocycles. The average Bonchev–Trinajstić information content (AvgIpc) is 3.16. The standard InChI is InChI=1S/C48H95NO4/c1-3-5-7-9-11-13-15-17-19-20-21-22-23-24-25-26-27-28-29-31-32-34-36-38-40-42-46(51)45(44-50)49-48(53)47(52)43-41-39-37-35-33-30-18-16-14-12-10-8-6-4-2/h14,16,45-47,50-52H,3-13,15,17-44H2,1-2H3,(H,49,53)/b16-14-. The van der Waals surface area contributed by atoms with Gasteiger partial charge in [0.1, 0.15) is 6.10 Å². The minimum Gasteiger partial charge on any atom is -0.394 e. The van der Waals surface area contributed by atoms with Crippen LogP contribution in [0.15, 0.2) is 12.2 Å². The van der Waals surface area contributed by atoms with E-state index in [1.54, 1.807) is 0 Å². The predicted octanol–water partition coefficient (Wildman–Crippen LogP) is 14.0. The van der Waals surface area contributed by atoms with E-state index in [0.29, 0.717) is 12.8 Å². The summed E-state index contributed by atoms with van der Waals surface area (Å²) >= 11 is 0. The van der Waals surface area contributed by atoms with E-state index in [4.69, 9.17) is 0 Å². The molecule has 3 atom stereocenters. The molecule has 0 spiro atoms. The van der Waals surface area contributed by atoms with Crippen LogP contribution in [-0.2, 0) is 4.79 Å². The van der Waals surface area contributed by atoms with Crippen LogP contribution in [0.1, 0.15) is 264 Å². The fourth-order valence-corrected chi connectivity index (χ4v) is 7.60. The summed E-state index contributed by atoms with van der Waals surface area (Å²) in [6, 6.07) is -0.711. The third-order valence-electron chi connectivity index (χ3n) is 11.4. The molecule has 0 aromatic carbocycles. The Morgan fingerprint density at radius 2 is 0.717 bits per heavy atom. The van der Waals surface area contributed by atoms with Gasteiger partial charge in [-0.25, -0.2) is 0 Å². The summed E-state index contributed by atoms with van der Waals surface area (Å²) < 4.78 is 0. The van der Waals surface area contributed by atoms with E-state index in [0.717, 1.165) is 32.1 Å². The lowest BCUT2D eigenvalue weighted by Gasteiger charge is -2.23. The lowest BCUT2D eigenvalue weighted by atomic mass is 10.0. The minimum atomic E-state index is -1.08. The van der Waals surface area contributed by atoms with Crippen LogP contribution in [0.2, 0.25) is 0 Å². The van der Waals surface area contributed by atoms with Crippen LogP contribution >= 0.6 is 0 Å². The average molecular weight is 750 g/mol. The molecular weight excluding hydrogens is 655 g/mol. The van der Waals surface area contributed by atoms with Crippen LogP contribution < -0.4 is 5.32 Å². The highest BCUT2D eigenvalue weighted by Gasteiger charge is 2.23. The third-order valence-corrected chi connectivity index (χ3v) is 11.4. The summed E-state index contributed by atoms with van der Waals surface area (Å²) in [6.07, 6.45) is 52.3. The van der Waals surface area contributed by atoms with E-state index >= 15 is 0 Å². The molecule has 5 nitrogen and oxygen atoms in total. The number of rotatable bonds is 44. The van der Waals surface area contributed by atoms with Crippen LogP contribution in [0.5, 0.6) is 0 Å². The van der Waals surface area contributed by atoms with Crippen molar-refractivity contribution in [1.82, 2.24) is 5.32 Å². The van der Waals surface area contributed by atoms with Crippen LogP contribution in [0.25, 0.3) is 0 Å². The number of nitrogens with one attached hydrogen (secondary N) is 1. The molecule has 3 unspecified atom stereocenters. The summed E-state index contributed by atoms with van der Waals surface area (Å²) in [5.74, 6) is -0.473. The summed E-state index contributed by atoms with van der Waals surface area (Å²) in [7, 11) is 0. The van der Waals surface area contributed by atoms with Gasteiger partial charge in [0.05, 0.1) is 18.8 Å². The lowest BCUT2D eigenvalue weighted by Crippen LogP contribution is -2.49. The molecule has 4 N–H and O–H groups in total. The van der Waals surface area contributed by atoms with Gasteiger partial charge in [0.15, 0.2) is 0 Å². The van der Waals surface area contributed by atoms with Crippen molar-refractivity contribution < 1.29 is 20.1 Å². The molecule has 0 aromatic rings. The third kappa shape index (κ3) is 39.1. The smallest absolute Gasteiger partial charge is 0.249 e. The SMILES string of the molecule is CCCCCC/C=C\CCCCCCCCC(O)C(=O)NC(CO)C(O)CCCCCCCCCCCCCCCCCCCCCCCCCCC. The second-order valence-electron chi connectivity index (χ2n) is 16.7. The summed E-state index contributed by atoms with van der Waals surface area (Å²) in [5, 5.41) is 33.4. The van der Waals surface area contributed by atoms with E-state index in [9.17, 15) is 20.1 Å². The van der Waals surface area contributed by atoms with Gasteiger partial charge in [-0.3, -0.25) is 4.79 Å². The van der Waals surface area contributed by atoms with Gasteiger partial charge in [-0.2, -0.15) is 0 Å². The highest BCUT2D eigenvalue weighted by molar-refractivity contribution is 5.80. The summed E-state index contributed by atoms with van der Waals surface area (Å²) in [5.41, 5.74) is 0. The van der Waals surface area contributed by atoms with Gasteiger partial charge in [-0.15, -0.1) is 0 Å². The topological polar surface area (TPSA) is 89.8 Å². The molecule has 0 rings (SSSR count). The Hall–Kier alpha value is -0.910. The van der Waals surface area contributed by atoms with Gasteiger partial charge >= 0.3 is 0 Å². The first-order valence-electron chi connectivity index (χ1n) is 24.0. The van der Waals surface area contributed by atoms with Crippen molar-refractivity contribution in [3.63, 3.8) is 0 Å². The van der Waals surface area contributed by atoms with Crippen molar-refractivity contribution in [3.05, 3.63) is 12.2 Å². The Bertz CT molecular complexity index is 743. The number of carbonyl (C=O) groups is 1. The Morgan fingerprint density at radius 3 is 1.06 bits per heavy atom. The first kappa shape index (κ1) is 52.1. The highest BCUT2D eigenvalue weighted by Crippen LogP contribution is 2.17. The van der Waals surface area contributed by atoms with Crippen molar-refractivity contribution in [2.45, 2.75) is 283 Å². The molecule has 0 aliphatic carbocycles. The largest absolute Gasteiger partial charge is 0.394 e. The van der Waals surface area contributed by atoms with E-state index in [1.165, 1.54) is 205 Å². The molecule has 0 aliphatic heterocycles. The first-order chi connectivity index (χ1) is 26.1. The van der Waals surface area contributed by atoms with E-state index in [1.807, 2.05) is 0 Å². The van der Waals surface area contributed by atoms with E-state index in [2.05, 4.69) is 31.3 Å². The number of amides is 1. The molecule has 5 heteroatoms. The fraction of sp³-hybridized carbons (Fsp3) is 0.938. The quantitative estimate of drug-likeness (QED) is 0.0369. The number of aliphatic hydroxyl groups excluding tert-OH is 3. The van der Waals surface area contributed by atoms with Gasteiger partial charge < -0.3 is 20.6 Å². The van der Waals surface area contributed by atoms with E-state index in [-0.39, 0.29) is 6.61 Å². The van der Waals surface area contributed by atoms with E-state index < -0.39 is 24.2 Å². The van der Waals surface area contributed by atoms with Crippen molar-refractivity contribution in [1.29, 1.82) is 0 Å². The molecule has 0 aromatic heterocycles. The normalized spacial score (nSPS) is 13.5. The number of aliphatic hydroxyl groups is 3. The number of carbonyl (C=O) groups excluding carboxylic acids is 1. The molecule has 0 fully saturated rings. The number of allylic oxidation sites excluding steroid dienone is 2. The van der Waals surface area contributed by atoms with Crippen molar-refractivity contribution in [2.75, 3.05) is 6.61 Å². The van der Waals surface area contributed by atoms with Crippen LogP contribution in [0, 0.1) is 0 Å². The maximum atomic E-state index is 12.5. The predicted molar refractivity (Wildman–Crippen MR) is 232 cm³/mol. The molecule has 0 heterocycles. The fourth-order valence-electron chi connectivity index (χ4n) is 7.60. The highest BCUT2D eigenvalue weighted by atomic mass is 16.3. The molecule has 0 saturated carbocycles. The van der Waals surface area contributed by atoms with Gasteiger partial charge in [0, 0.05) is 0 Å². The second-order valence-corrected chi connectivity index (χ2v) is 16.7. The maximum absolute atomic E-state index is 12.5. The Labute approximate surface area is 331 Å². The zero-order chi connectivity index (χ0) is 38.7. The number of unbranched alkanes of at least 4 members (excludes halogenated alkanes) is 34. The maximum Gasteiger partial charge on any atom is 0.249 e. The molecule has 0 aliphatic rings. The second kappa shape index (κ2) is 43.8. The Morgan fingerprint density at radius 1 is 0.434 bits per heavy atom. The minimum absolute atomic E-state index is 0.312. The zero-order valence-corrected chi connectivity index (χ0v) is 35.9. The molecular formula is C48H95NO4. The first-order valence-corrected chi connectivity index (χ1v) is 24.0. The van der Waals surface area contributed by atoms with Gasteiger partial charge in [0.2, 0.25) is 5.91 Å². The molecule has 316 valence electrons. The molecule has 1 amide bonds. The van der Waals surface area contributed by atoms with Gasteiger partial charge in [-0.1, -0.05) is 238 Å². The summed E-state index contributed by atoms with van der Waals surface area (Å²) in [4.78, 5) is 12.5. The van der Waals surface area contributed by atoms with Crippen LogP contribution in [-0.4, -0.2) is 46.1 Å². The number of hydrogen-bond acceptors (Lipinski definition) is 4. The monoisotopic (exact) mass is 750 g/mol. The summed E-state index contributed by atoms with van der Waals surface area (Å²) in [6.45, 7) is 4.23. The van der Waals surface area contributed by atoms with Crippen molar-refractivity contribution in [3.8, 4) is 0 Å². The van der Waals surface area contributed by atoms with Crippen molar-refractivity contribution >= 4 is 5.91 Å².